The molecule has 6 nitrogen and oxygen atoms in total. The van der Waals surface area contributed by atoms with Gasteiger partial charge in [0.15, 0.2) is 5.82 Å². The third-order valence-corrected chi connectivity index (χ3v) is 6.54. The first kappa shape index (κ1) is 20.4. The maximum Gasteiger partial charge on any atom is 0.240 e. The second-order valence-corrected chi connectivity index (χ2v) is 8.53. The summed E-state index contributed by atoms with van der Waals surface area (Å²) in [6.07, 6.45) is 1.71. The number of carbonyl (C=O) groups excluding carboxylic acids is 1. The molecule has 2 N–H and O–H groups in total. The number of nitrogens with one attached hydrogen (secondary N) is 2. The van der Waals surface area contributed by atoms with E-state index in [0.717, 1.165) is 41.0 Å². The number of anilines is 1. The van der Waals surface area contributed by atoms with Gasteiger partial charge in [0.2, 0.25) is 11.1 Å². The van der Waals surface area contributed by atoms with Gasteiger partial charge >= 0.3 is 0 Å². The molecule has 1 aromatic heterocycles. The summed E-state index contributed by atoms with van der Waals surface area (Å²) in [4.78, 5) is 13.3. The predicted octanol–water partition coefficient (Wildman–Crippen LogP) is 4.38. The van der Waals surface area contributed by atoms with E-state index in [2.05, 4.69) is 27.9 Å². The number of hydrogen-bond acceptors (Lipinski definition) is 5. The maximum atomic E-state index is 13.5. The molecule has 0 aliphatic carbocycles. The summed E-state index contributed by atoms with van der Waals surface area (Å²) in [6.45, 7) is 6.08. The molecule has 2 heterocycles. The minimum Gasteiger partial charge on any atom is -0.325 e. The minimum atomic E-state index is -0.499. The molecule has 8 heteroatoms. The van der Waals surface area contributed by atoms with E-state index in [0.29, 0.717) is 5.16 Å². The lowest BCUT2D eigenvalue weighted by Gasteiger charge is -2.33. The summed E-state index contributed by atoms with van der Waals surface area (Å²) in [5, 5.41) is 11.7. The molecular formula is C22H24FN5OS. The molecule has 0 saturated carbocycles. The zero-order valence-corrected chi connectivity index (χ0v) is 18.0. The second-order valence-electron chi connectivity index (χ2n) is 7.42. The normalized spacial score (nSPS) is 17.9. The summed E-state index contributed by atoms with van der Waals surface area (Å²) in [7, 11) is 0. The van der Waals surface area contributed by atoms with Crippen molar-refractivity contribution in [2.45, 2.75) is 50.1 Å². The maximum absolute atomic E-state index is 13.5. The van der Waals surface area contributed by atoms with E-state index < -0.39 is 5.25 Å². The van der Waals surface area contributed by atoms with Crippen LogP contribution in [-0.4, -0.2) is 26.0 Å². The van der Waals surface area contributed by atoms with Crippen molar-refractivity contribution in [1.82, 2.24) is 14.9 Å². The minimum absolute atomic E-state index is 0.137. The zero-order chi connectivity index (χ0) is 21.3. The van der Waals surface area contributed by atoms with Crippen LogP contribution in [0.1, 0.15) is 41.9 Å². The van der Waals surface area contributed by atoms with Gasteiger partial charge in [-0.2, -0.15) is 0 Å². The number of carbonyl (C=O) groups is 1. The van der Waals surface area contributed by atoms with E-state index in [-0.39, 0.29) is 17.8 Å². The molecule has 0 fully saturated rings. The van der Waals surface area contributed by atoms with Crippen molar-refractivity contribution in [1.29, 1.82) is 0 Å². The first-order valence-electron chi connectivity index (χ1n) is 9.98. The molecule has 1 aliphatic rings. The van der Waals surface area contributed by atoms with Crippen molar-refractivity contribution < 1.29 is 9.18 Å². The Hall–Kier alpha value is -2.87. The van der Waals surface area contributed by atoms with Crippen LogP contribution in [-0.2, 0) is 11.2 Å². The van der Waals surface area contributed by atoms with Crippen LogP contribution >= 0.6 is 11.8 Å². The topological polar surface area (TPSA) is 71.8 Å². The number of rotatable bonds is 5. The Morgan fingerprint density at radius 2 is 1.97 bits per heavy atom. The van der Waals surface area contributed by atoms with Crippen LogP contribution in [0, 0.1) is 19.7 Å². The van der Waals surface area contributed by atoms with Gasteiger partial charge in [-0.3, -0.25) is 4.79 Å². The SMILES string of the molecule is CCCc1nnc2n1N[C@H](c1ccc(F)cc1)[C@H](C(=O)Nc1cccc(C)c1C)S2. The van der Waals surface area contributed by atoms with Gasteiger partial charge in [-0.25, -0.2) is 9.07 Å². The molecule has 1 aliphatic heterocycles. The van der Waals surface area contributed by atoms with Crippen LogP contribution in [0.3, 0.4) is 0 Å². The second kappa shape index (κ2) is 8.47. The van der Waals surface area contributed by atoms with Crippen molar-refractivity contribution in [2.75, 3.05) is 10.7 Å². The molecule has 4 rings (SSSR count). The van der Waals surface area contributed by atoms with Gasteiger partial charge in [-0.05, 0) is 55.2 Å². The van der Waals surface area contributed by atoms with Gasteiger partial charge in [0.25, 0.3) is 0 Å². The van der Waals surface area contributed by atoms with Gasteiger partial charge in [-0.1, -0.05) is 43.0 Å². The molecule has 3 aromatic rings. The summed E-state index contributed by atoms with van der Waals surface area (Å²) >= 11 is 1.37. The standard InChI is InChI=1S/C22H24FN5OS/c1-4-6-18-25-26-22-28(18)27-19(15-9-11-16(23)12-10-15)20(30-22)21(29)24-17-8-5-7-13(2)14(17)3/h5,7-12,19-20,27H,4,6H2,1-3H3,(H,24,29)/t19-,20-/m1/s1. The average Bonchev–Trinajstić information content (AvgIpc) is 3.13. The van der Waals surface area contributed by atoms with E-state index in [1.165, 1.54) is 23.9 Å². The van der Waals surface area contributed by atoms with Crippen LogP contribution in [0.2, 0.25) is 0 Å². The molecule has 0 bridgehead atoms. The lowest BCUT2D eigenvalue weighted by molar-refractivity contribution is -0.116. The van der Waals surface area contributed by atoms with Crippen molar-refractivity contribution in [3.63, 3.8) is 0 Å². The van der Waals surface area contributed by atoms with Crippen LogP contribution in [0.15, 0.2) is 47.6 Å². The van der Waals surface area contributed by atoms with Crippen molar-refractivity contribution in [3.05, 3.63) is 70.8 Å². The molecule has 1 amide bonds. The smallest absolute Gasteiger partial charge is 0.240 e. The summed E-state index contributed by atoms with van der Waals surface area (Å²) in [5.41, 5.74) is 7.16. The first-order chi connectivity index (χ1) is 14.5. The largest absolute Gasteiger partial charge is 0.325 e. The number of aromatic nitrogens is 3. The van der Waals surface area contributed by atoms with E-state index in [1.807, 2.05) is 36.7 Å². The van der Waals surface area contributed by atoms with Gasteiger partial charge in [0.05, 0.1) is 6.04 Å². The molecule has 0 radical (unpaired) electrons. The highest BCUT2D eigenvalue weighted by atomic mass is 32.2. The zero-order valence-electron chi connectivity index (χ0n) is 17.1. The molecule has 0 unspecified atom stereocenters. The quantitative estimate of drug-likeness (QED) is 0.635. The molecule has 30 heavy (non-hydrogen) atoms. The number of halogens is 1. The molecule has 156 valence electrons. The van der Waals surface area contributed by atoms with Gasteiger partial charge < -0.3 is 10.7 Å². The monoisotopic (exact) mass is 425 g/mol. The Labute approximate surface area is 179 Å². The number of hydrogen-bond donors (Lipinski definition) is 2. The highest BCUT2D eigenvalue weighted by Gasteiger charge is 2.37. The Morgan fingerprint density at radius 3 is 2.70 bits per heavy atom. The summed E-state index contributed by atoms with van der Waals surface area (Å²) < 4.78 is 15.4. The average molecular weight is 426 g/mol. The number of fused-ring (bicyclic) bond motifs is 1. The fraction of sp³-hybridized carbons (Fsp3) is 0.318. The fourth-order valence-electron chi connectivity index (χ4n) is 3.49. The van der Waals surface area contributed by atoms with E-state index in [4.69, 9.17) is 0 Å². The molecule has 2 aromatic carbocycles. The van der Waals surface area contributed by atoms with Gasteiger partial charge in [0.1, 0.15) is 11.1 Å². The Balaban J connectivity index is 1.68. The number of amides is 1. The molecule has 2 atom stereocenters. The van der Waals surface area contributed by atoms with E-state index in [1.54, 1.807) is 12.1 Å². The van der Waals surface area contributed by atoms with Crippen LogP contribution in [0.4, 0.5) is 10.1 Å². The highest BCUT2D eigenvalue weighted by Crippen LogP contribution is 2.38. The highest BCUT2D eigenvalue weighted by molar-refractivity contribution is 8.00. The third-order valence-electron chi connectivity index (χ3n) is 5.33. The van der Waals surface area contributed by atoms with Crippen molar-refractivity contribution in [3.8, 4) is 0 Å². The van der Waals surface area contributed by atoms with E-state index in [9.17, 15) is 9.18 Å². The van der Waals surface area contributed by atoms with Gasteiger partial charge in [-0.15, -0.1) is 10.2 Å². The fourth-order valence-corrected chi connectivity index (χ4v) is 4.59. The molecular weight excluding hydrogens is 401 g/mol. The summed E-state index contributed by atoms with van der Waals surface area (Å²) in [5.74, 6) is 0.373. The number of nitrogens with zero attached hydrogens (tertiary/aromatic N) is 3. The van der Waals surface area contributed by atoms with Crippen LogP contribution in [0.25, 0.3) is 0 Å². The lowest BCUT2D eigenvalue weighted by Crippen LogP contribution is -2.41. The Kier molecular flexibility index (Phi) is 5.76. The Morgan fingerprint density at radius 1 is 1.20 bits per heavy atom. The Bertz CT molecular complexity index is 1070. The third kappa shape index (κ3) is 3.92. The molecule has 0 saturated heterocycles. The number of benzene rings is 2. The van der Waals surface area contributed by atoms with Crippen LogP contribution < -0.4 is 10.7 Å². The van der Waals surface area contributed by atoms with Crippen molar-refractivity contribution >= 4 is 23.4 Å². The number of aryl methyl sites for hydroxylation is 2. The first-order valence-corrected chi connectivity index (χ1v) is 10.9. The molecule has 0 spiro atoms. The number of thioether (sulfide) groups is 1. The summed E-state index contributed by atoms with van der Waals surface area (Å²) in [6, 6.07) is 11.7. The predicted molar refractivity (Wildman–Crippen MR) is 117 cm³/mol. The van der Waals surface area contributed by atoms with Gasteiger partial charge in [0, 0.05) is 12.1 Å². The van der Waals surface area contributed by atoms with Crippen LogP contribution in [0.5, 0.6) is 0 Å². The van der Waals surface area contributed by atoms with E-state index >= 15 is 0 Å². The van der Waals surface area contributed by atoms with Crippen molar-refractivity contribution in [2.24, 2.45) is 0 Å². The lowest BCUT2D eigenvalue weighted by atomic mass is 10.0.